The number of aromatic nitrogens is 4. The van der Waals surface area contributed by atoms with Crippen molar-refractivity contribution in [3.8, 4) is 17.3 Å². The number of rotatable bonds is 5. The van der Waals surface area contributed by atoms with Crippen molar-refractivity contribution in [2.45, 2.75) is 40.2 Å². The van der Waals surface area contributed by atoms with Crippen LogP contribution in [-0.4, -0.2) is 19.8 Å². The molecule has 0 atom stereocenters. The normalized spacial score (nSPS) is 11.8. The van der Waals surface area contributed by atoms with Gasteiger partial charge < -0.3 is 9.15 Å². The van der Waals surface area contributed by atoms with Crippen molar-refractivity contribution in [2.75, 3.05) is 0 Å². The van der Waals surface area contributed by atoms with Gasteiger partial charge in [0.2, 0.25) is 10.8 Å². The van der Waals surface area contributed by atoms with Gasteiger partial charge in [0.15, 0.2) is 10.8 Å². The van der Waals surface area contributed by atoms with E-state index >= 15 is 0 Å². The number of hydrogen-bond acceptors (Lipinski definition) is 6. The topological polar surface area (TPSA) is 65.5 Å². The van der Waals surface area contributed by atoms with Crippen LogP contribution in [0.15, 0.2) is 46.9 Å². The Morgan fingerprint density at radius 3 is 2.73 bits per heavy atom. The number of hydrogen-bond donors (Lipinski definition) is 0. The molecule has 0 bridgehead atoms. The number of benzene rings is 2. The monoisotopic (exact) mass is 418 g/mol. The van der Waals surface area contributed by atoms with E-state index in [9.17, 15) is 0 Å². The summed E-state index contributed by atoms with van der Waals surface area (Å²) in [7, 11) is 0. The standard InChI is InChI=1S/C23H22N4O2S/c1-13(2)16-10-9-14(3)11-19(16)28-12-20-26-27-22(24-25-23(27)30-20)21-15(4)17-7-5-6-8-18(17)29-21/h5-11,13H,12H2,1-4H3. The van der Waals surface area contributed by atoms with Crippen LogP contribution in [-0.2, 0) is 6.61 Å². The molecular weight excluding hydrogens is 396 g/mol. The second-order valence-corrected chi connectivity index (χ2v) is 8.79. The molecular formula is C23H22N4O2S. The molecule has 6 nitrogen and oxygen atoms in total. The Balaban J connectivity index is 1.47. The van der Waals surface area contributed by atoms with Crippen LogP contribution in [0.1, 0.15) is 41.5 Å². The summed E-state index contributed by atoms with van der Waals surface area (Å²) in [5, 5.41) is 15.2. The molecule has 0 amide bonds. The molecule has 3 heterocycles. The van der Waals surface area contributed by atoms with Crippen LogP contribution in [0, 0.1) is 13.8 Å². The van der Waals surface area contributed by atoms with E-state index in [1.807, 2.05) is 31.2 Å². The fraction of sp³-hybridized carbons (Fsp3) is 0.261. The van der Waals surface area contributed by atoms with Gasteiger partial charge in [-0.1, -0.05) is 55.5 Å². The predicted molar refractivity (Wildman–Crippen MR) is 118 cm³/mol. The predicted octanol–water partition coefficient (Wildman–Crippen LogP) is 5.92. The van der Waals surface area contributed by atoms with E-state index in [0.717, 1.165) is 32.3 Å². The van der Waals surface area contributed by atoms with Crippen molar-refractivity contribution in [3.63, 3.8) is 0 Å². The highest BCUT2D eigenvalue weighted by Gasteiger charge is 2.20. The Labute approximate surface area is 178 Å². The SMILES string of the molecule is Cc1ccc(C(C)C)c(OCc2nn3c(-c4oc5ccccc5c4C)nnc3s2)c1. The summed E-state index contributed by atoms with van der Waals surface area (Å²) in [4.78, 5) is 0.719. The minimum Gasteiger partial charge on any atom is -0.486 e. The van der Waals surface area contributed by atoms with E-state index in [-0.39, 0.29) is 0 Å². The lowest BCUT2D eigenvalue weighted by molar-refractivity contribution is 0.299. The quantitative estimate of drug-likeness (QED) is 0.354. The highest BCUT2D eigenvalue weighted by atomic mass is 32.1. The van der Waals surface area contributed by atoms with Crippen molar-refractivity contribution in [1.82, 2.24) is 19.8 Å². The number of fused-ring (bicyclic) bond motifs is 2. The first kappa shape index (κ1) is 18.8. The van der Waals surface area contributed by atoms with Gasteiger partial charge in [0.05, 0.1) is 0 Å². The average Bonchev–Trinajstić information content (AvgIpc) is 3.39. The molecule has 7 heteroatoms. The number of furan rings is 1. The lowest BCUT2D eigenvalue weighted by Gasteiger charge is -2.14. The van der Waals surface area contributed by atoms with E-state index < -0.39 is 0 Å². The van der Waals surface area contributed by atoms with E-state index in [1.54, 1.807) is 4.52 Å². The van der Waals surface area contributed by atoms with E-state index in [2.05, 4.69) is 49.2 Å². The van der Waals surface area contributed by atoms with Gasteiger partial charge in [-0.15, -0.1) is 10.2 Å². The Morgan fingerprint density at radius 1 is 1.10 bits per heavy atom. The zero-order valence-corrected chi connectivity index (χ0v) is 18.2. The number of ether oxygens (including phenoxy) is 1. The maximum atomic E-state index is 6.14. The number of aryl methyl sites for hydroxylation is 2. The van der Waals surface area contributed by atoms with Crippen LogP contribution >= 0.6 is 11.3 Å². The van der Waals surface area contributed by atoms with Crippen molar-refractivity contribution >= 4 is 27.3 Å². The number of nitrogens with zero attached hydrogens (tertiary/aromatic N) is 4. The van der Waals surface area contributed by atoms with E-state index in [4.69, 9.17) is 14.3 Å². The lowest BCUT2D eigenvalue weighted by atomic mass is 10.0. The van der Waals surface area contributed by atoms with Crippen LogP contribution in [0.2, 0.25) is 0 Å². The van der Waals surface area contributed by atoms with Crippen LogP contribution < -0.4 is 4.74 Å². The lowest BCUT2D eigenvalue weighted by Crippen LogP contribution is -2.01. The van der Waals surface area contributed by atoms with Crippen molar-refractivity contribution < 1.29 is 9.15 Å². The highest BCUT2D eigenvalue weighted by molar-refractivity contribution is 7.16. The summed E-state index contributed by atoms with van der Waals surface area (Å²) >= 11 is 1.47. The fourth-order valence-electron chi connectivity index (χ4n) is 3.63. The Morgan fingerprint density at radius 2 is 1.93 bits per heavy atom. The smallest absolute Gasteiger partial charge is 0.235 e. The minimum absolute atomic E-state index is 0.385. The summed E-state index contributed by atoms with van der Waals surface area (Å²) in [5.74, 6) is 2.60. The van der Waals surface area contributed by atoms with Gasteiger partial charge in [-0.25, -0.2) is 0 Å². The molecule has 0 radical (unpaired) electrons. The van der Waals surface area contributed by atoms with Gasteiger partial charge in [-0.05, 0) is 43.0 Å². The van der Waals surface area contributed by atoms with Crippen molar-refractivity contribution in [1.29, 1.82) is 0 Å². The Bertz CT molecular complexity index is 1360. The molecule has 5 aromatic rings. The van der Waals surface area contributed by atoms with E-state index in [1.165, 1.54) is 22.5 Å². The molecule has 0 spiro atoms. The average molecular weight is 419 g/mol. The van der Waals surface area contributed by atoms with E-state index in [0.29, 0.717) is 24.1 Å². The fourth-order valence-corrected chi connectivity index (χ4v) is 4.37. The summed E-state index contributed by atoms with van der Waals surface area (Å²) in [6.07, 6.45) is 0. The zero-order valence-electron chi connectivity index (χ0n) is 17.3. The van der Waals surface area contributed by atoms with Crippen LogP contribution in [0.5, 0.6) is 5.75 Å². The molecule has 0 aliphatic carbocycles. The van der Waals surface area contributed by atoms with Gasteiger partial charge in [-0.2, -0.15) is 9.61 Å². The second kappa shape index (κ2) is 7.25. The molecule has 5 rings (SSSR count). The van der Waals surface area contributed by atoms with Crippen LogP contribution in [0.4, 0.5) is 0 Å². The molecule has 0 unspecified atom stereocenters. The molecule has 152 valence electrons. The summed E-state index contributed by atoms with van der Waals surface area (Å²) in [6.45, 7) is 8.83. The van der Waals surface area contributed by atoms with Gasteiger partial charge in [0, 0.05) is 10.9 Å². The highest BCUT2D eigenvalue weighted by Crippen LogP contribution is 2.33. The number of para-hydroxylation sites is 1. The van der Waals surface area contributed by atoms with Gasteiger partial charge in [0.25, 0.3) is 0 Å². The first-order valence-electron chi connectivity index (χ1n) is 9.94. The molecule has 3 aromatic heterocycles. The summed E-state index contributed by atoms with van der Waals surface area (Å²) in [6, 6.07) is 14.3. The first-order valence-corrected chi connectivity index (χ1v) is 10.8. The molecule has 0 saturated carbocycles. The third kappa shape index (κ3) is 3.15. The second-order valence-electron chi connectivity index (χ2n) is 7.75. The Kier molecular flexibility index (Phi) is 4.55. The van der Waals surface area contributed by atoms with Crippen LogP contribution in [0.25, 0.3) is 27.5 Å². The molecule has 30 heavy (non-hydrogen) atoms. The zero-order chi connectivity index (χ0) is 20.8. The van der Waals surface area contributed by atoms with Crippen molar-refractivity contribution in [2.24, 2.45) is 0 Å². The third-order valence-electron chi connectivity index (χ3n) is 5.22. The molecule has 0 aliphatic rings. The van der Waals surface area contributed by atoms with Gasteiger partial charge in [0.1, 0.15) is 17.9 Å². The third-order valence-corrected chi connectivity index (χ3v) is 6.09. The summed E-state index contributed by atoms with van der Waals surface area (Å²) in [5.41, 5.74) is 4.24. The Hall–Kier alpha value is -3.19. The van der Waals surface area contributed by atoms with Crippen molar-refractivity contribution in [3.05, 3.63) is 64.2 Å². The maximum absolute atomic E-state index is 6.14. The molecule has 0 aliphatic heterocycles. The maximum Gasteiger partial charge on any atom is 0.235 e. The molecule has 0 fully saturated rings. The minimum atomic E-state index is 0.385. The first-order chi connectivity index (χ1) is 14.5. The molecule has 0 saturated heterocycles. The molecule has 2 aromatic carbocycles. The largest absolute Gasteiger partial charge is 0.486 e. The van der Waals surface area contributed by atoms with Gasteiger partial charge in [-0.3, -0.25) is 0 Å². The van der Waals surface area contributed by atoms with Gasteiger partial charge >= 0.3 is 0 Å². The van der Waals surface area contributed by atoms with Crippen LogP contribution in [0.3, 0.4) is 0 Å². The molecule has 0 N–H and O–H groups in total. The summed E-state index contributed by atoms with van der Waals surface area (Å²) < 4.78 is 13.9.